The first-order chi connectivity index (χ1) is 11.1. The minimum Gasteiger partial charge on any atom is -0.497 e. The number of benzene rings is 1. The van der Waals surface area contributed by atoms with E-state index in [9.17, 15) is 10.1 Å². The Morgan fingerprint density at radius 3 is 2.52 bits per heavy atom. The van der Waals surface area contributed by atoms with Gasteiger partial charge in [-0.3, -0.25) is 4.79 Å². The van der Waals surface area contributed by atoms with Crippen molar-refractivity contribution >= 4 is 17.5 Å². The molecule has 0 fully saturated rings. The third kappa shape index (κ3) is 3.42. The molecule has 1 unspecified atom stereocenters. The summed E-state index contributed by atoms with van der Waals surface area (Å²) < 4.78 is 16.1. The second-order valence-corrected chi connectivity index (χ2v) is 5.34. The topological polar surface area (TPSA) is 71.8 Å². The van der Waals surface area contributed by atoms with Gasteiger partial charge in [0.25, 0.3) is 5.91 Å². The van der Waals surface area contributed by atoms with Gasteiger partial charge in [0.05, 0.1) is 23.8 Å². The quantitative estimate of drug-likeness (QED) is 0.714. The van der Waals surface area contributed by atoms with E-state index in [0.717, 1.165) is 5.56 Å². The maximum Gasteiger partial charge on any atom is 0.257 e. The van der Waals surface area contributed by atoms with E-state index < -0.39 is 12.3 Å². The van der Waals surface area contributed by atoms with E-state index in [1.54, 1.807) is 12.1 Å². The Labute approximate surface area is 140 Å². The van der Waals surface area contributed by atoms with Gasteiger partial charge in [-0.1, -0.05) is 11.6 Å². The van der Waals surface area contributed by atoms with Crippen molar-refractivity contribution in [2.45, 2.75) is 32.7 Å². The Hall–Kier alpha value is -1.81. The number of carbonyl (C=O) groups excluding carboxylic acids is 1. The highest BCUT2D eigenvalue weighted by Crippen LogP contribution is 2.34. The molecule has 6 nitrogen and oxygen atoms in total. The summed E-state index contributed by atoms with van der Waals surface area (Å²) in [5.74, 6) is 0.270. The fraction of sp³-hybridized carbons (Fsp3) is 0.500. The molecule has 1 amide bonds. The van der Waals surface area contributed by atoms with Gasteiger partial charge in [-0.15, -0.1) is 0 Å². The number of carbonyl (C=O) groups is 1. The number of nitrogens with zero attached hydrogens (tertiary/aromatic N) is 2. The molecule has 1 aromatic carbocycles. The number of methoxy groups -OCH3 is 1. The van der Waals surface area contributed by atoms with Crippen LogP contribution in [-0.2, 0) is 16.0 Å². The third-order valence-electron chi connectivity index (χ3n) is 3.58. The van der Waals surface area contributed by atoms with Gasteiger partial charge in [0.1, 0.15) is 5.75 Å². The zero-order chi connectivity index (χ0) is 17.0. The van der Waals surface area contributed by atoms with Crippen LogP contribution in [0.3, 0.4) is 0 Å². The lowest BCUT2D eigenvalue weighted by Crippen LogP contribution is -2.45. The molecule has 7 heteroatoms. The molecule has 1 aliphatic heterocycles. The molecule has 1 aromatic rings. The van der Waals surface area contributed by atoms with Crippen LogP contribution in [0.25, 0.3) is 0 Å². The second-order valence-electron chi connectivity index (χ2n) is 4.93. The van der Waals surface area contributed by atoms with Crippen LogP contribution < -0.4 is 4.74 Å². The van der Waals surface area contributed by atoms with Crippen LogP contribution in [0.1, 0.15) is 29.8 Å². The smallest absolute Gasteiger partial charge is 0.257 e. The average molecular weight is 339 g/mol. The first-order valence-corrected chi connectivity index (χ1v) is 7.75. The first-order valence-electron chi connectivity index (χ1n) is 7.37. The Balaban J connectivity index is 2.32. The van der Waals surface area contributed by atoms with E-state index in [1.165, 1.54) is 12.0 Å². The van der Waals surface area contributed by atoms with E-state index in [1.807, 2.05) is 13.8 Å². The highest BCUT2D eigenvalue weighted by Gasteiger charge is 2.39. The van der Waals surface area contributed by atoms with E-state index in [2.05, 4.69) is 6.07 Å². The van der Waals surface area contributed by atoms with Crippen molar-refractivity contribution < 1.29 is 19.0 Å². The van der Waals surface area contributed by atoms with Gasteiger partial charge >= 0.3 is 0 Å². The van der Waals surface area contributed by atoms with Gasteiger partial charge in [-0.05, 0) is 31.5 Å². The summed E-state index contributed by atoms with van der Waals surface area (Å²) >= 11 is 6.19. The Kier molecular flexibility index (Phi) is 5.83. The average Bonchev–Trinajstić information content (AvgIpc) is 2.86. The SMILES string of the molecule is CCOC(OCC)C(C#N)N1Cc2cc(OC)cc(Cl)c2C1=O. The number of rotatable bonds is 7. The molecule has 0 aliphatic carbocycles. The molecule has 0 saturated carbocycles. The number of fused-ring (bicyclic) bond motifs is 1. The maximum absolute atomic E-state index is 12.7. The lowest BCUT2D eigenvalue weighted by Gasteiger charge is -2.28. The maximum atomic E-state index is 12.7. The summed E-state index contributed by atoms with van der Waals surface area (Å²) in [6.07, 6.45) is -0.797. The lowest BCUT2D eigenvalue weighted by molar-refractivity contribution is -0.158. The molecular formula is C16H19ClN2O4. The van der Waals surface area contributed by atoms with E-state index >= 15 is 0 Å². The molecule has 0 spiro atoms. The Morgan fingerprint density at radius 1 is 1.35 bits per heavy atom. The monoisotopic (exact) mass is 338 g/mol. The van der Waals surface area contributed by atoms with Crippen molar-refractivity contribution in [1.82, 2.24) is 4.90 Å². The molecule has 0 N–H and O–H groups in total. The third-order valence-corrected chi connectivity index (χ3v) is 3.88. The van der Waals surface area contributed by atoms with Crippen LogP contribution in [0.4, 0.5) is 0 Å². The van der Waals surface area contributed by atoms with Crippen LogP contribution in [0, 0.1) is 11.3 Å². The van der Waals surface area contributed by atoms with Gasteiger partial charge < -0.3 is 19.1 Å². The molecular weight excluding hydrogens is 320 g/mol. The van der Waals surface area contributed by atoms with Crippen LogP contribution in [-0.4, -0.2) is 43.5 Å². The highest BCUT2D eigenvalue weighted by molar-refractivity contribution is 6.34. The minimum atomic E-state index is -0.850. The number of amides is 1. The van der Waals surface area contributed by atoms with Gasteiger partial charge in [0, 0.05) is 19.8 Å². The highest BCUT2D eigenvalue weighted by atomic mass is 35.5. The second kappa shape index (κ2) is 7.64. The molecule has 2 rings (SSSR count). The molecule has 1 atom stereocenters. The molecule has 1 aliphatic rings. The van der Waals surface area contributed by atoms with E-state index in [-0.39, 0.29) is 12.5 Å². The predicted molar refractivity (Wildman–Crippen MR) is 84.3 cm³/mol. The zero-order valence-electron chi connectivity index (χ0n) is 13.3. The number of hydrogen-bond donors (Lipinski definition) is 0. The Bertz CT molecular complexity index is 623. The van der Waals surface area contributed by atoms with Crippen molar-refractivity contribution in [3.63, 3.8) is 0 Å². The van der Waals surface area contributed by atoms with Crippen molar-refractivity contribution in [3.05, 3.63) is 28.3 Å². The first kappa shape index (κ1) is 17.5. The minimum absolute atomic E-state index is 0.264. The van der Waals surface area contributed by atoms with Crippen LogP contribution >= 0.6 is 11.6 Å². The predicted octanol–water partition coefficient (Wildman–Crippen LogP) is 2.60. The van der Waals surface area contributed by atoms with Crippen molar-refractivity contribution in [2.24, 2.45) is 0 Å². The summed E-state index contributed by atoms with van der Waals surface area (Å²) in [6, 6.07) is 4.60. The number of hydrogen-bond acceptors (Lipinski definition) is 5. The number of nitriles is 1. The summed E-state index contributed by atoms with van der Waals surface area (Å²) in [6.45, 7) is 4.64. The molecule has 0 bridgehead atoms. The summed E-state index contributed by atoms with van der Waals surface area (Å²) in [5.41, 5.74) is 1.13. The Morgan fingerprint density at radius 2 is 2.00 bits per heavy atom. The summed E-state index contributed by atoms with van der Waals surface area (Å²) in [4.78, 5) is 14.1. The molecule has 23 heavy (non-hydrogen) atoms. The molecule has 1 heterocycles. The fourth-order valence-corrected chi connectivity index (χ4v) is 2.89. The fourth-order valence-electron chi connectivity index (χ4n) is 2.58. The van der Waals surface area contributed by atoms with Gasteiger partial charge in [-0.25, -0.2) is 0 Å². The molecule has 0 radical (unpaired) electrons. The molecule has 124 valence electrons. The van der Waals surface area contributed by atoms with Gasteiger partial charge in [0.2, 0.25) is 0 Å². The molecule has 0 aromatic heterocycles. The van der Waals surface area contributed by atoms with Crippen molar-refractivity contribution in [3.8, 4) is 11.8 Å². The van der Waals surface area contributed by atoms with Crippen LogP contribution in [0.5, 0.6) is 5.75 Å². The van der Waals surface area contributed by atoms with Crippen molar-refractivity contribution in [2.75, 3.05) is 20.3 Å². The largest absolute Gasteiger partial charge is 0.497 e. The lowest BCUT2D eigenvalue weighted by atomic mass is 10.1. The van der Waals surface area contributed by atoms with Crippen LogP contribution in [0.2, 0.25) is 5.02 Å². The van der Waals surface area contributed by atoms with Gasteiger partial charge in [0.15, 0.2) is 12.3 Å². The standard InChI is InChI=1S/C16H19ClN2O4/c1-4-22-16(23-5-2)13(8-18)19-9-10-6-11(21-3)7-12(17)14(10)15(19)20/h6-7,13,16H,4-5,9H2,1-3H3. The van der Waals surface area contributed by atoms with E-state index in [4.69, 9.17) is 25.8 Å². The molecule has 0 saturated heterocycles. The van der Waals surface area contributed by atoms with Gasteiger partial charge in [-0.2, -0.15) is 5.26 Å². The zero-order valence-corrected chi connectivity index (χ0v) is 14.1. The van der Waals surface area contributed by atoms with Crippen LogP contribution in [0.15, 0.2) is 12.1 Å². The number of ether oxygens (including phenoxy) is 3. The number of halogens is 1. The summed E-state index contributed by atoms with van der Waals surface area (Å²) in [5, 5.41) is 9.83. The summed E-state index contributed by atoms with van der Waals surface area (Å²) in [7, 11) is 1.53. The van der Waals surface area contributed by atoms with Crippen molar-refractivity contribution in [1.29, 1.82) is 5.26 Å². The normalized spacial score (nSPS) is 14.8. The van der Waals surface area contributed by atoms with E-state index in [0.29, 0.717) is 29.5 Å².